The van der Waals surface area contributed by atoms with Gasteiger partial charge in [0.15, 0.2) is 0 Å². The first-order valence-corrected chi connectivity index (χ1v) is 8.42. The molecule has 2 nitrogen and oxygen atoms in total. The lowest BCUT2D eigenvalue weighted by molar-refractivity contribution is 0.215. The lowest BCUT2D eigenvalue weighted by Gasteiger charge is -2.34. The molecule has 0 aromatic carbocycles. The zero-order chi connectivity index (χ0) is 14.2. The van der Waals surface area contributed by atoms with Crippen molar-refractivity contribution in [2.24, 2.45) is 11.8 Å². The zero-order valence-electron chi connectivity index (χ0n) is 13.1. The fraction of sp³-hybridized carbons (Fsp3) is 0.722. The van der Waals surface area contributed by atoms with Crippen molar-refractivity contribution in [2.45, 2.75) is 64.8 Å². The highest BCUT2D eigenvalue weighted by Crippen LogP contribution is 2.32. The fourth-order valence-electron chi connectivity index (χ4n) is 3.55. The van der Waals surface area contributed by atoms with E-state index in [1.54, 1.807) is 0 Å². The van der Waals surface area contributed by atoms with Gasteiger partial charge < -0.3 is 5.32 Å². The van der Waals surface area contributed by atoms with E-state index in [2.05, 4.69) is 30.2 Å². The van der Waals surface area contributed by atoms with Crippen molar-refractivity contribution in [3.8, 4) is 0 Å². The summed E-state index contributed by atoms with van der Waals surface area (Å²) in [6.07, 6.45) is 13.2. The van der Waals surface area contributed by atoms with Crippen LogP contribution in [0.3, 0.4) is 0 Å². The van der Waals surface area contributed by atoms with Crippen molar-refractivity contribution in [1.82, 2.24) is 10.3 Å². The molecule has 0 amide bonds. The van der Waals surface area contributed by atoms with E-state index in [9.17, 15) is 0 Å². The maximum absolute atomic E-state index is 4.23. The highest BCUT2D eigenvalue weighted by atomic mass is 14.9. The number of hydrogen-bond donors (Lipinski definition) is 1. The van der Waals surface area contributed by atoms with Crippen LogP contribution in [0.25, 0.3) is 0 Å². The van der Waals surface area contributed by atoms with E-state index in [-0.39, 0.29) is 0 Å². The molecule has 0 spiro atoms. The molecule has 1 saturated carbocycles. The number of nitrogens with one attached hydrogen (secondary N) is 1. The molecule has 1 heterocycles. The molecule has 1 aliphatic carbocycles. The van der Waals surface area contributed by atoms with E-state index in [1.165, 1.54) is 44.1 Å². The number of pyridine rings is 1. The lowest BCUT2D eigenvalue weighted by atomic mass is 9.77. The van der Waals surface area contributed by atoms with Gasteiger partial charge in [-0.3, -0.25) is 4.98 Å². The standard InChI is InChI=1S/C18H30N2/c1-3-11-20-18(17-8-4-6-15(2)13-17)10-9-16-7-5-12-19-14-16/h5,7,12,14-15,17-18,20H,3-4,6,8-11,13H2,1-2H3. The second kappa shape index (κ2) is 8.41. The third kappa shape index (κ3) is 4.90. The van der Waals surface area contributed by atoms with Crippen LogP contribution in [-0.2, 0) is 6.42 Å². The average Bonchev–Trinajstić information content (AvgIpc) is 2.48. The Bertz CT molecular complexity index is 363. The van der Waals surface area contributed by atoms with Gasteiger partial charge in [0.05, 0.1) is 0 Å². The molecule has 0 saturated heterocycles. The van der Waals surface area contributed by atoms with E-state index in [1.807, 2.05) is 18.5 Å². The summed E-state index contributed by atoms with van der Waals surface area (Å²) in [5.41, 5.74) is 1.37. The largest absolute Gasteiger partial charge is 0.314 e. The smallest absolute Gasteiger partial charge is 0.0299 e. The van der Waals surface area contributed by atoms with Crippen LogP contribution in [0.4, 0.5) is 0 Å². The highest BCUT2D eigenvalue weighted by molar-refractivity contribution is 5.08. The normalized spacial score (nSPS) is 24.5. The molecule has 2 heteroatoms. The van der Waals surface area contributed by atoms with Crippen molar-refractivity contribution in [2.75, 3.05) is 6.54 Å². The van der Waals surface area contributed by atoms with Gasteiger partial charge in [-0.15, -0.1) is 0 Å². The molecular weight excluding hydrogens is 244 g/mol. The number of hydrogen-bond acceptors (Lipinski definition) is 2. The van der Waals surface area contributed by atoms with Gasteiger partial charge in [-0.05, 0) is 62.1 Å². The molecule has 3 unspecified atom stereocenters. The predicted octanol–water partition coefficient (Wildman–Crippen LogP) is 4.21. The van der Waals surface area contributed by atoms with Crippen LogP contribution in [-0.4, -0.2) is 17.6 Å². The van der Waals surface area contributed by atoms with Gasteiger partial charge in [0.2, 0.25) is 0 Å². The predicted molar refractivity (Wildman–Crippen MR) is 85.8 cm³/mol. The van der Waals surface area contributed by atoms with Gasteiger partial charge in [0.25, 0.3) is 0 Å². The third-order valence-corrected chi connectivity index (χ3v) is 4.67. The topological polar surface area (TPSA) is 24.9 Å². The molecule has 1 aromatic heterocycles. The Morgan fingerprint density at radius 2 is 2.30 bits per heavy atom. The minimum absolute atomic E-state index is 0.693. The molecular formula is C18H30N2. The van der Waals surface area contributed by atoms with Crippen LogP contribution in [0.1, 0.15) is 57.9 Å². The van der Waals surface area contributed by atoms with Crippen molar-refractivity contribution in [3.63, 3.8) is 0 Å². The van der Waals surface area contributed by atoms with E-state index in [0.29, 0.717) is 6.04 Å². The van der Waals surface area contributed by atoms with Crippen molar-refractivity contribution in [1.29, 1.82) is 0 Å². The molecule has 2 rings (SSSR count). The minimum Gasteiger partial charge on any atom is -0.314 e. The molecule has 3 atom stereocenters. The minimum atomic E-state index is 0.693. The molecule has 112 valence electrons. The molecule has 20 heavy (non-hydrogen) atoms. The van der Waals surface area contributed by atoms with Crippen LogP contribution in [0.2, 0.25) is 0 Å². The zero-order valence-corrected chi connectivity index (χ0v) is 13.1. The summed E-state index contributed by atoms with van der Waals surface area (Å²) in [4.78, 5) is 4.23. The summed E-state index contributed by atoms with van der Waals surface area (Å²) >= 11 is 0. The second-order valence-electron chi connectivity index (χ2n) is 6.49. The van der Waals surface area contributed by atoms with E-state index in [4.69, 9.17) is 0 Å². The Kier molecular flexibility index (Phi) is 6.52. The van der Waals surface area contributed by atoms with Gasteiger partial charge >= 0.3 is 0 Å². The monoisotopic (exact) mass is 274 g/mol. The summed E-state index contributed by atoms with van der Waals surface area (Å²) in [5, 5.41) is 3.81. The van der Waals surface area contributed by atoms with Crippen LogP contribution in [0.5, 0.6) is 0 Å². The molecule has 1 fully saturated rings. The van der Waals surface area contributed by atoms with E-state index < -0.39 is 0 Å². The van der Waals surface area contributed by atoms with Crippen LogP contribution in [0, 0.1) is 11.8 Å². The molecule has 0 aliphatic heterocycles. The summed E-state index contributed by atoms with van der Waals surface area (Å²) in [6, 6.07) is 4.94. The third-order valence-electron chi connectivity index (χ3n) is 4.67. The highest BCUT2D eigenvalue weighted by Gasteiger charge is 2.25. The van der Waals surface area contributed by atoms with Gasteiger partial charge in [-0.25, -0.2) is 0 Å². The average molecular weight is 274 g/mol. The number of aromatic nitrogens is 1. The maximum Gasteiger partial charge on any atom is 0.0299 e. The Hall–Kier alpha value is -0.890. The first-order chi connectivity index (χ1) is 9.79. The summed E-state index contributed by atoms with van der Waals surface area (Å²) in [5.74, 6) is 1.79. The molecule has 0 radical (unpaired) electrons. The Morgan fingerprint density at radius 3 is 3.00 bits per heavy atom. The van der Waals surface area contributed by atoms with Crippen LogP contribution in [0.15, 0.2) is 24.5 Å². The molecule has 1 aromatic rings. The second-order valence-corrected chi connectivity index (χ2v) is 6.49. The first kappa shape index (κ1) is 15.5. The number of rotatable bonds is 7. The molecule has 1 aliphatic rings. The van der Waals surface area contributed by atoms with Crippen LogP contribution >= 0.6 is 0 Å². The Morgan fingerprint density at radius 1 is 1.40 bits per heavy atom. The SMILES string of the molecule is CCCNC(CCc1cccnc1)C1CCCC(C)C1. The van der Waals surface area contributed by atoms with E-state index in [0.717, 1.165) is 24.8 Å². The van der Waals surface area contributed by atoms with Crippen molar-refractivity contribution >= 4 is 0 Å². The Labute approximate surface area is 124 Å². The van der Waals surface area contributed by atoms with Gasteiger partial charge in [0.1, 0.15) is 0 Å². The van der Waals surface area contributed by atoms with E-state index >= 15 is 0 Å². The number of aryl methyl sites for hydroxylation is 1. The summed E-state index contributed by atoms with van der Waals surface area (Å²) in [6.45, 7) is 5.83. The van der Waals surface area contributed by atoms with Gasteiger partial charge in [0, 0.05) is 18.4 Å². The maximum atomic E-state index is 4.23. The van der Waals surface area contributed by atoms with Crippen molar-refractivity contribution < 1.29 is 0 Å². The molecule has 0 bridgehead atoms. The van der Waals surface area contributed by atoms with Gasteiger partial charge in [-0.1, -0.05) is 32.8 Å². The van der Waals surface area contributed by atoms with Gasteiger partial charge in [-0.2, -0.15) is 0 Å². The van der Waals surface area contributed by atoms with Crippen molar-refractivity contribution in [3.05, 3.63) is 30.1 Å². The molecule has 1 N–H and O–H groups in total. The summed E-state index contributed by atoms with van der Waals surface area (Å²) in [7, 11) is 0. The fourth-order valence-corrected chi connectivity index (χ4v) is 3.55. The lowest BCUT2D eigenvalue weighted by Crippen LogP contribution is -2.39. The van der Waals surface area contributed by atoms with Crippen LogP contribution < -0.4 is 5.32 Å². The summed E-state index contributed by atoms with van der Waals surface area (Å²) < 4.78 is 0. The first-order valence-electron chi connectivity index (χ1n) is 8.42. The Balaban J connectivity index is 1.89. The number of nitrogens with zero attached hydrogens (tertiary/aromatic N) is 1. The quantitative estimate of drug-likeness (QED) is 0.805.